The molecule has 0 fully saturated rings. The van der Waals surface area contributed by atoms with Gasteiger partial charge < -0.3 is 20.5 Å². The van der Waals surface area contributed by atoms with Gasteiger partial charge in [-0.2, -0.15) is 0 Å². The van der Waals surface area contributed by atoms with Crippen LogP contribution in [0.3, 0.4) is 0 Å². The second kappa shape index (κ2) is 10.6. The first-order valence-electron chi connectivity index (χ1n) is 9.56. The molecular weight excluding hydrogens is 375 g/mol. The van der Waals surface area contributed by atoms with Gasteiger partial charge in [0.2, 0.25) is 5.91 Å². The van der Waals surface area contributed by atoms with Crippen molar-refractivity contribution in [1.82, 2.24) is 10.6 Å². The summed E-state index contributed by atoms with van der Waals surface area (Å²) in [5, 5.41) is 15.5. The van der Waals surface area contributed by atoms with Crippen molar-refractivity contribution in [2.24, 2.45) is 5.92 Å². The van der Waals surface area contributed by atoms with E-state index in [4.69, 9.17) is 4.74 Å². The quantitative estimate of drug-likeness (QED) is 0.602. The summed E-state index contributed by atoms with van der Waals surface area (Å²) < 4.78 is 18.3. The highest BCUT2D eigenvalue weighted by molar-refractivity contribution is 5.97. The van der Waals surface area contributed by atoms with Gasteiger partial charge in [-0.25, -0.2) is 4.39 Å². The van der Waals surface area contributed by atoms with Crippen LogP contribution in [0, 0.1) is 11.7 Å². The van der Waals surface area contributed by atoms with Crippen LogP contribution in [0.2, 0.25) is 0 Å². The fraction of sp³-hybridized carbons (Fsp3) is 0.364. The Hall–Kier alpha value is -2.93. The minimum atomic E-state index is -0.978. The molecule has 2 aromatic carbocycles. The van der Waals surface area contributed by atoms with Crippen LogP contribution < -0.4 is 15.4 Å². The first-order chi connectivity index (χ1) is 13.8. The Labute approximate surface area is 170 Å². The Bertz CT molecular complexity index is 807. The van der Waals surface area contributed by atoms with E-state index in [1.807, 2.05) is 20.8 Å². The number of carbonyl (C=O) groups excluding carboxylic acids is 2. The van der Waals surface area contributed by atoms with Crippen molar-refractivity contribution in [3.8, 4) is 5.75 Å². The van der Waals surface area contributed by atoms with Crippen LogP contribution in [0.1, 0.15) is 42.8 Å². The van der Waals surface area contributed by atoms with Crippen LogP contribution in [0.5, 0.6) is 5.75 Å². The monoisotopic (exact) mass is 402 g/mol. The molecule has 3 N–H and O–H groups in total. The predicted molar refractivity (Wildman–Crippen MR) is 108 cm³/mol. The molecule has 0 radical (unpaired) electrons. The number of benzene rings is 2. The third-order valence-corrected chi connectivity index (χ3v) is 4.39. The van der Waals surface area contributed by atoms with Gasteiger partial charge >= 0.3 is 0 Å². The van der Waals surface area contributed by atoms with E-state index >= 15 is 0 Å². The first-order valence-corrected chi connectivity index (χ1v) is 9.56. The van der Waals surface area contributed by atoms with Crippen LogP contribution in [0.15, 0.2) is 48.5 Å². The lowest BCUT2D eigenvalue weighted by atomic mass is 10.0. The van der Waals surface area contributed by atoms with E-state index in [2.05, 4.69) is 10.6 Å². The van der Waals surface area contributed by atoms with Crippen LogP contribution in [-0.2, 0) is 4.79 Å². The van der Waals surface area contributed by atoms with E-state index in [1.165, 1.54) is 24.3 Å². The number of hydrogen-bond acceptors (Lipinski definition) is 4. The van der Waals surface area contributed by atoms with Crippen molar-refractivity contribution >= 4 is 11.8 Å². The molecule has 156 valence electrons. The maximum absolute atomic E-state index is 13.0. The van der Waals surface area contributed by atoms with Crippen LogP contribution >= 0.6 is 0 Å². The summed E-state index contributed by atoms with van der Waals surface area (Å²) in [5.74, 6) is -0.676. The zero-order valence-electron chi connectivity index (χ0n) is 16.8. The first kappa shape index (κ1) is 22.4. The van der Waals surface area contributed by atoms with Gasteiger partial charge in [0.05, 0.1) is 12.7 Å². The highest BCUT2D eigenvalue weighted by Gasteiger charge is 2.25. The van der Waals surface area contributed by atoms with Gasteiger partial charge in [0, 0.05) is 12.1 Å². The van der Waals surface area contributed by atoms with Crippen LogP contribution in [-0.4, -0.2) is 36.1 Å². The maximum atomic E-state index is 13.0. The van der Waals surface area contributed by atoms with E-state index in [0.29, 0.717) is 23.5 Å². The summed E-state index contributed by atoms with van der Waals surface area (Å²) in [5.41, 5.74) is 0.907. The number of amides is 2. The van der Waals surface area contributed by atoms with Crippen LogP contribution in [0.25, 0.3) is 0 Å². The molecule has 2 amide bonds. The molecule has 0 bridgehead atoms. The molecule has 0 aromatic heterocycles. The predicted octanol–water partition coefficient (Wildman–Crippen LogP) is 2.83. The molecule has 2 aromatic rings. The zero-order chi connectivity index (χ0) is 21.4. The Kier molecular flexibility index (Phi) is 8.15. The summed E-state index contributed by atoms with van der Waals surface area (Å²) in [4.78, 5) is 25.1. The van der Waals surface area contributed by atoms with Gasteiger partial charge in [0.25, 0.3) is 5.91 Å². The summed E-state index contributed by atoms with van der Waals surface area (Å²) in [6, 6.07) is 11.3. The molecular formula is C22H27FN2O4. The number of aliphatic hydroxyl groups is 1. The van der Waals surface area contributed by atoms with Crippen molar-refractivity contribution in [2.75, 3.05) is 13.2 Å². The molecule has 2 atom stereocenters. The number of aliphatic hydroxyl groups excluding tert-OH is 1. The third-order valence-electron chi connectivity index (χ3n) is 4.39. The molecule has 2 rings (SSSR count). The minimum Gasteiger partial charge on any atom is -0.494 e. The van der Waals surface area contributed by atoms with Crippen molar-refractivity contribution in [1.29, 1.82) is 0 Å². The number of ether oxygens (including phenoxy) is 1. The standard InChI is InChI=1S/C22H27FN2O4/c1-4-29-18-11-7-16(8-12-18)21(27)25-20(14(2)3)22(28)24-13-19(26)15-5-9-17(23)10-6-15/h5-12,14,19-20,26H,4,13H2,1-3H3,(H,24,28)(H,25,27). The second-order valence-corrected chi connectivity index (χ2v) is 6.97. The van der Waals surface area contributed by atoms with Gasteiger partial charge in [-0.1, -0.05) is 26.0 Å². The molecule has 2 unspecified atom stereocenters. The normalized spacial score (nSPS) is 12.9. The van der Waals surface area contributed by atoms with Gasteiger partial charge in [-0.05, 0) is 54.8 Å². The van der Waals surface area contributed by atoms with Gasteiger partial charge in [-0.3, -0.25) is 9.59 Å². The van der Waals surface area contributed by atoms with E-state index in [1.54, 1.807) is 24.3 Å². The van der Waals surface area contributed by atoms with E-state index in [0.717, 1.165) is 0 Å². The Morgan fingerprint density at radius 3 is 2.24 bits per heavy atom. The highest BCUT2D eigenvalue weighted by atomic mass is 19.1. The molecule has 29 heavy (non-hydrogen) atoms. The summed E-state index contributed by atoms with van der Waals surface area (Å²) in [7, 11) is 0. The van der Waals surface area contributed by atoms with Crippen molar-refractivity contribution in [2.45, 2.75) is 32.9 Å². The smallest absolute Gasteiger partial charge is 0.251 e. The topological polar surface area (TPSA) is 87.7 Å². The average Bonchev–Trinajstić information content (AvgIpc) is 2.71. The lowest BCUT2D eigenvalue weighted by molar-refractivity contribution is -0.124. The van der Waals surface area contributed by atoms with Crippen molar-refractivity contribution in [3.63, 3.8) is 0 Å². The molecule has 0 aliphatic carbocycles. The molecule has 0 heterocycles. The minimum absolute atomic E-state index is 0.0490. The number of carbonyl (C=O) groups is 2. The second-order valence-electron chi connectivity index (χ2n) is 6.97. The van der Waals surface area contributed by atoms with Crippen molar-refractivity contribution < 1.29 is 23.8 Å². The number of halogens is 1. The van der Waals surface area contributed by atoms with Crippen LogP contribution in [0.4, 0.5) is 4.39 Å². The molecule has 6 nitrogen and oxygen atoms in total. The summed E-state index contributed by atoms with van der Waals surface area (Å²) in [6.07, 6.45) is -0.978. The molecule has 0 spiro atoms. The lowest BCUT2D eigenvalue weighted by Crippen LogP contribution is -2.50. The Morgan fingerprint density at radius 1 is 1.07 bits per heavy atom. The highest BCUT2D eigenvalue weighted by Crippen LogP contribution is 2.14. The SMILES string of the molecule is CCOc1ccc(C(=O)NC(C(=O)NCC(O)c2ccc(F)cc2)C(C)C)cc1. The molecule has 0 saturated heterocycles. The van der Waals surface area contributed by atoms with Gasteiger partial charge in [0.1, 0.15) is 17.6 Å². The van der Waals surface area contributed by atoms with E-state index < -0.39 is 23.9 Å². The number of hydrogen-bond donors (Lipinski definition) is 3. The lowest BCUT2D eigenvalue weighted by Gasteiger charge is -2.23. The molecule has 7 heteroatoms. The summed E-state index contributed by atoms with van der Waals surface area (Å²) >= 11 is 0. The molecule has 0 aliphatic rings. The van der Waals surface area contributed by atoms with E-state index in [9.17, 15) is 19.1 Å². The zero-order valence-corrected chi connectivity index (χ0v) is 16.8. The van der Waals surface area contributed by atoms with E-state index in [-0.39, 0.29) is 18.4 Å². The average molecular weight is 402 g/mol. The van der Waals surface area contributed by atoms with Gasteiger partial charge in [-0.15, -0.1) is 0 Å². The fourth-order valence-electron chi connectivity index (χ4n) is 2.74. The number of rotatable bonds is 9. The Balaban J connectivity index is 1.96. The van der Waals surface area contributed by atoms with Crippen molar-refractivity contribution in [3.05, 3.63) is 65.5 Å². The third kappa shape index (κ3) is 6.57. The fourth-order valence-corrected chi connectivity index (χ4v) is 2.74. The molecule has 0 aliphatic heterocycles. The Morgan fingerprint density at radius 2 is 1.69 bits per heavy atom. The largest absolute Gasteiger partial charge is 0.494 e. The van der Waals surface area contributed by atoms with Gasteiger partial charge in [0.15, 0.2) is 0 Å². The summed E-state index contributed by atoms with van der Waals surface area (Å²) in [6.45, 7) is 6.00. The molecule has 0 saturated carbocycles. The number of nitrogens with one attached hydrogen (secondary N) is 2. The maximum Gasteiger partial charge on any atom is 0.251 e.